The minimum atomic E-state index is -0.0466. The van der Waals surface area contributed by atoms with Crippen LogP contribution in [0.5, 0.6) is 0 Å². The fourth-order valence-corrected chi connectivity index (χ4v) is 2.18. The molecule has 94 valence electrons. The van der Waals surface area contributed by atoms with E-state index in [4.69, 9.17) is 29.0 Å². The number of aromatic nitrogens is 1. The molecule has 0 amide bonds. The van der Waals surface area contributed by atoms with E-state index in [2.05, 4.69) is 10.4 Å². The van der Waals surface area contributed by atoms with Crippen LogP contribution in [0.3, 0.4) is 0 Å². The van der Waals surface area contributed by atoms with Gasteiger partial charge in [-0.05, 0) is 29.7 Å². The van der Waals surface area contributed by atoms with Crippen LogP contribution in [0.1, 0.15) is 17.2 Å². The summed E-state index contributed by atoms with van der Waals surface area (Å²) in [7, 11) is 0. The van der Waals surface area contributed by atoms with E-state index in [1.807, 2.05) is 24.3 Å². The smallest absolute Gasteiger partial charge is 0.0624 e. The van der Waals surface area contributed by atoms with Crippen molar-refractivity contribution in [3.05, 3.63) is 63.9 Å². The maximum Gasteiger partial charge on any atom is 0.0624 e. The van der Waals surface area contributed by atoms with Gasteiger partial charge < -0.3 is 0 Å². The number of hydrogen-bond acceptors (Lipinski definition) is 3. The maximum atomic E-state index is 6.17. The molecule has 0 fully saturated rings. The van der Waals surface area contributed by atoms with E-state index < -0.39 is 0 Å². The van der Waals surface area contributed by atoms with Gasteiger partial charge in [0, 0.05) is 12.4 Å². The molecule has 0 aliphatic carbocycles. The van der Waals surface area contributed by atoms with Gasteiger partial charge in [0.05, 0.1) is 16.1 Å². The average Bonchev–Trinajstić information content (AvgIpc) is 2.41. The summed E-state index contributed by atoms with van der Waals surface area (Å²) in [6.07, 6.45) is 4.16. The number of rotatable bonds is 4. The first-order valence-electron chi connectivity index (χ1n) is 5.51. The van der Waals surface area contributed by atoms with Gasteiger partial charge in [-0.3, -0.25) is 16.3 Å². The van der Waals surface area contributed by atoms with Crippen LogP contribution in [0.4, 0.5) is 0 Å². The van der Waals surface area contributed by atoms with E-state index in [0.717, 1.165) is 11.1 Å². The fraction of sp³-hybridized carbons (Fsp3) is 0.154. The van der Waals surface area contributed by atoms with Crippen molar-refractivity contribution in [2.45, 2.75) is 12.5 Å². The van der Waals surface area contributed by atoms with Gasteiger partial charge in [0.15, 0.2) is 0 Å². The molecule has 1 heterocycles. The molecule has 5 heteroatoms. The Hall–Kier alpha value is -1.13. The first kappa shape index (κ1) is 13.3. The van der Waals surface area contributed by atoms with Crippen LogP contribution < -0.4 is 11.3 Å². The van der Waals surface area contributed by atoms with Crippen molar-refractivity contribution in [2.24, 2.45) is 5.84 Å². The lowest BCUT2D eigenvalue weighted by atomic mass is 10.0. The average molecular weight is 282 g/mol. The largest absolute Gasteiger partial charge is 0.271 e. The molecule has 0 radical (unpaired) electrons. The second-order valence-corrected chi connectivity index (χ2v) is 4.71. The topological polar surface area (TPSA) is 50.9 Å². The Balaban J connectivity index is 2.24. The Morgan fingerprint density at radius 1 is 1.22 bits per heavy atom. The van der Waals surface area contributed by atoms with Crippen LogP contribution in [0.15, 0.2) is 42.7 Å². The van der Waals surface area contributed by atoms with Crippen LogP contribution in [0.25, 0.3) is 0 Å². The zero-order valence-corrected chi connectivity index (χ0v) is 11.1. The highest BCUT2D eigenvalue weighted by Crippen LogP contribution is 2.28. The third-order valence-corrected chi connectivity index (χ3v) is 3.60. The molecule has 2 rings (SSSR count). The predicted molar refractivity (Wildman–Crippen MR) is 74.5 cm³/mol. The molecule has 0 saturated heterocycles. The Labute approximate surface area is 116 Å². The van der Waals surface area contributed by atoms with Crippen molar-refractivity contribution in [3.63, 3.8) is 0 Å². The summed E-state index contributed by atoms with van der Waals surface area (Å²) in [6, 6.07) is 9.38. The molecule has 0 bridgehead atoms. The molecule has 0 saturated carbocycles. The number of nitrogens with one attached hydrogen (secondary N) is 1. The zero-order valence-electron chi connectivity index (χ0n) is 9.61. The second kappa shape index (κ2) is 6.16. The summed E-state index contributed by atoms with van der Waals surface area (Å²) < 4.78 is 0. The standard InChI is InChI=1S/C13H13Cl2N3/c14-11-5-1-3-9(13(11)15)7-12(18-16)10-4-2-6-17-8-10/h1-6,8,12,18H,7,16H2. The second-order valence-electron chi connectivity index (χ2n) is 3.92. The Morgan fingerprint density at radius 2 is 2.06 bits per heavy atom. The van der Waals surface area contributed by atoms with Gasteiger partial charge in [0.1, 0.15) is 0 Å². The highest BCUT2D eigenvalue weighted by Gasteiger charge is 2.13. The van der Waals surface area contributed by atoms with Crippen molar-refractivity contribution < 1.29 is 0 Å². The van der Waals surface area contributed by atoms with E-state index in [9.17, 15) is 0 Å². The van der Waals surface area contributed by atoms with E-state index >= 15 is 0 Å². The fourth-order valence-electron chi connectivity index (χ4n) is 1.78. The third-order valence-electron chi connectivity index (χ3n) is 2.74. The molecular weight excluding hydrogens is 269 g/mol. The molecule has 3 nitrogen and oxygen atoms in total. The molecule has 0 spiro atoms. The van der Waals surface area contributed by atoms with Crippen molar-refractivity contribution in [1.29, 1.82) is 0 Å². The number of nitrogens with zero attached hydrogens (tertiary/aromatic N) is 1. The summed E-state index contributed by atoms with van der Waals surface area (Å²) in [4.78, 5) is 4.08. The number of hydrogen-bond donors (Lipinski definition) is 2. The minimum Gasteiger partial charge on any atom is -0.271 e. The van der Waals surface area contributed by atoms with Crippen LogP contribution in [0.2, 0.25) is 10.0 Å². The minimum absolute atomic E-state index is 0.0466. The number of pyridine rings is 1. The van der Waals surface area contributed by atoms with Crippen molar-refractivity contribution in [3.8, 4) is 0 Å². The molecule has 1 unspecified atom stereocenters. The predicted octanol–water partition coefficient (Wildman–Crippen LogP) is 3.14. The third kappa shape index (κ3) is 3.00. The van der Waals surface area contributed by atoms with E-state index in [0.29, 0.717) is 16.5 Å². The van der Waals surface area contributed by atoms with E-state index in [1.54, 1.807) is 18.5 Å². The van der Waals surface area contributed by atoms with Crippen molar-refractivity contribution in [2.75, 3.05) is 0 Å². The van der Waals surface area contributed by atoms with Crippen molar-refractivity contribution >= 4 is 23.2 Å². The van der Waals surface area contributed by atoms with Crippen LogP contribution >= 0.6 is 23.2 Å². The maximum absolute atomic E-state index is 6.17. The van der Waals surface area contributed by atoms with Gasteiger partial charge in [-0.25, -0.2) is 0 Å². The Kier molecular flexibility index (Phi) is 4.55. The molecule has 3 N–H and O–H groups in total. The zero-order chi connectivity index (χ0) is 13.0. The molecule has 0 aliphatic heterocycles. The molecule has 2 aromatic rings. The van der Waals surface area contributed by atoms with E-state index in [1.165, 1.54) is 0 Å². The molecule has 1 atom stereocenters. The normalized spacial score (nSPS) is 12.4. The van der Waals surface area contributed by atoms with Gasteiger partial charge in [-0.1, -0.05) is 41.4 Å². The molecule has 1 aromatic heterocycles. The number of hydrazine groups is 1. The first-order chi connectivity index (χ1) is 8.72. The van der Waals surface area contributed by atoms with Crippen LogP contribution in [0, 0.1) is 0 Å². The summed E-state index contributed by atoms with van der Waals surface area (Å²) >= 11 is 12.2. The first-order valence-corrected chi connectivity index (χ1v) is 6.27. The van der Waals surface area contributed by atoms with E-state index in [-0.39, 0.29) is 6.04 Å². The summed E-state index contributed by atoms with van der Waals surface area (Å²) in [5.74, 6) is 5.59. The molecule has 1 aromatic carbocycles. The van der Waals surface area contributed by atoms with Gasteiger partial charge in [-0.15, -0.1) is 0 Å². The highest BCUT2D eigenvalue weighted by atomic mass is 35.5. The molecule has 18 heavy (non-hydrogen) atoms. The highest BCUT2D eigenvalue weighted by molar-refractivity contribution is 6.42. The number of benzene rings is 1. The number of nitrogens with two attached hydrogens (primary N) is 1. The Morgan fingerprint density at radius 3 is 2.72 bits per heavy atom. The molecular formula is C13H13Cl2N3. The van der Waals surface area contributed by atoms with Gasteiger partial charge >= 0.3 is 0 Å². The van der Waals surface area contributed by atoms with Crippen molar-refractivity contribution in [1.82, 2.24) is 10.4 Å². The summed E-state index contributed by atoms with van der Waals surface area (Å²) in [5.41, 5.74) is 4.74. The lowest BCUT2D eigenvalue weighted by Crippen LogP contribution is -2.29. The SMILES string of the molecule is NNC(Cc1cccc(Cl)c1Cl)c1cccnc1. The van der Waals surface area contributed by atoms with Gasteiger partial charge in [0.25, 0.3) is 0 Å². The Bertz CT molecular complexity index is 517. The summed E-state index contributed by atoms with van der Waals surface area (Å²) in [5, 5.41) is 1.12. The summed E-state index contributed by atoms with van der Waals surface area (Å²) in [6.45, 7) is 0. The van der Waals surface area contributed by atoms with Gasteiger partial charge in [0.2, 0.25) is 0 Å². The number of halogens is 2. The quantitative estimate of drug-likeness (QED) is 0.669. The lowest BCUT2D eigenvalue weighted by Gasteiger charge is -2.17. The van der Waals surface area contributed by atoms with Crippen LogP contribution in [-0.4, -0.2) is 4.98 Å². The van der Waals surface area contributed by atoms with Crippen LogP contribution in [-0.2, 0) is 6.42 Å². The lowest BCUT2D eigenvalue weighted by molar-refractivity contribution is 0.550. The monoisotopic (exact) mass is 281 g/mol. The van der Waals surface area contributed by atoms with Gasteiger partial charge in [-0.2, -0.15) is 0 Å². The molecule has 0 aliphatic rings.